The SMILES string of the molecule is NCC(c1ccccc1Cl)N1CCc2ccccc2CC1. The summed E-state index contributed by atoms with van der Waals surface area (Å²) >= 11 is 6.36. The number of halogens is 1. The molecule has 1 aliphatic rings. The minimum atomic E-state index is 0.202. The van der Waals surface area contributed by atoms with Crippen molar-refractivity contribution >= 4 is 11.6 Å². The second-order valence-electron chi connectivity index (χ2n) is 5.58. The van der Waals surface area contributed by atoms with Crippen molar-refractivity contribution in [2.24, 2.45) is 5.73 Å². The molecule has 1 heterocycles. The fraction of sp³-hybridized carbons (Fsp3) is 0.333. The number of nitrogens with two attached hydrogens (primary N) is 1. The van der Waals surface area contributed by atoms with Crippen LogP contribution in [0.4, 0.5) is 0 Å². The molecule has 0 aromatic heterocycles. The van der Waals surface area contributed by atoms with Crippen LogP contribution in [0, 0.1) is 0 Å². The highest BCUT2D eigenvalue weighted by Gasteiger charge is 2.23. The molecule has 0 saturated carbocycles. The molecule has 0 aliphatic carbocycles. The second-order valence-corrected chi connectivity index (χ2v) is 5.98. The van der Waals surface area contributed by atoms with Gasteiger partial charge in [-0.25, -0.2) is 0 Å². The van der Waals surface area contributed by atoms with Gasteiger partial charge in [0.2, 0.25) is 0 Å². The molecule has 1 aliphatic heterocycles. The summed E-state index contributed by atoms with van der Waals surface area (Å²) in [5, 5.41) is 0.815. The minimum absolute atomic E-state index is 0.202. The Morgan fingerprint density at radius 3 is 2.10 bits per heavy atom. The Morgan fingerprint density at radius 2 is 1.52 bits per heavy atom. The third-order valence-electron chi connectivity index (χ3n) is 4.38. The molecule has 21 heavy (non-hydrogen) atoms. The van der Waals surface area contributed by atoms with Crippen molar-refractivity contribution in [2.45, 2.75) is 18.9 Å². The summed E-state index contributed by atoms with van der Waals surface area (Å²) < 4.78 is 0. The molecule has 2 N–H and O–H groups in total. The minimum Gasteiger partial charge on any atom is -0.329 e. The largest absolute Gasteiger partial charge is 0.329 e. The lowest BCUT2D eigenvalue weighted by molar-refractivity contribution is 0.211. The standard InChI is InChI=1S/C18H21ClN2/c19-17-8-4-3-7-16(17)18(13-20)21-11-9-14-5-1-2-6-15(14)10-12-21/h1-8,18H,9-13,20H2. The molecule has 3 heteroatoms. The molecule has 1 atom stereocenters. The van der Waals surface area contributed by atoms with Gasteiger partial charge in [-0.2, -0.15) is 0 Å². The van der Waals surface area contributed by atoms with Crippen LogP contribution in [-0.2, 0) is 12.8 Å². The van der Waals surface area contributed by atoms with Gasteiger partial charge in [-0.1, -0.05) is 54.1 Å². The van der Waals surface area contributed by atoms with Crippen LogP contribution in [0.1, 0.15) is 22.7 Å². The first-order chi connectivity index (χ1) is 10.3. The van der Waals surface area contributed by atoms with Gasteiger partial charge in [-0.15, -0.1) is 0 Å². The maximum atomic E-state index is 6.36. The molecule has 0 fully saturated rings. The summed E-state index contributed by atoms with van der Waals surface area (Å²) in [6, 6.07) is 17.0. The number of hydrogen-bond acceptors (Lipinski definition) is 2. The van der Waals surface area contributed by atoms with Crippen molar-refractivity contribution in [1.29, 1.82) is 0 Å². The van der Waals surface area contributed by atoms with E-state index < -0.39 is 0 Å². The van der Waals surface area contributed by atoms with Crippen LogP contribution in [0.5, 0.6) is 0 Å². The average Bonchev–Trinajstić information content (AvgIpc) is 2.73. The molecule has 0 saturated heterocycles. The van der Waals surface area contributed by atoms with Crippen molar-refractivity contribution in [2.75, 3.05) is 19.6 Å². The van der Waals surface area contributed by atoms with Crippen molar-refractivity contribution in [3.05, 3.63) is 70.2 Å². The van der Waals surface area contributed by atoms with Crippen LogP contribution in [0.25, 0.3) is 0 Å². The zero-order valence-electron chi connectivity index (χ0n) is 12.1. The second kappa shape index (κ2) is 6.61. The van der Waals surface area contributed by atoms with E-state index in [0.29, 0.717) is 6.54 Å². The highest BCUT2D eigenvalue weighted by Crippen LogP contribution is 2.28. The predicted molar refractivity (Wildman–Crippen MR) is 88.7 cm³/mol. The van der Waals surface area contributed by atoms with Gasteiger partial charge < -0.3 is 5.73 Å². The number of fused-ring (bicyclic) bond motifs is 1. The number of rotatable bonds is 3. The Balaban J connectivity index is 1.82. The van der Waals surface area contributed by atoms with E-state index >= 15 is 0 Å². The van der Waals surface area contributed by atoms with E-state index in [1.807, 2.05) is 18.2 Å². The highest BCUT2D eigenvalue weighted by molar-refractivity contribution is 6.31. The normalized spacial score (nSPS) is 17.0. The van der Waals surface area contributed by atoms with E-state index in [0.717, 1.165) is 36.5 Å². The Hall–Kier alpha value is -1.35. The molecular weight excluding hydrogens is 280 g/mol. The third kappa shape index (κ3) is 3.13. The van der Waals surface area contributed by atoms with Crippen molar-refractivity contribution in [3.8, 4) is 0 Å². The predicted octanol–water partition coefficient (Wildman–Crippen LogP) is 3.44. The Kier molecular flexibility index (Phi) is 4.59. The topological polar surface area (TPSA) is 29.3 Å². The van der Waals surface area contributed by atoms with Gasteiger partial charge in [0.05, 0.1) is 0 Å². The quantitative estimate of drug-likeness (QED) is 0.941. The summed E-state index contributed by atoms with van der Waals surface area (Å²) in [5.74, 6) is 0. The van der Waals surface area contributed by atoms with Crippen LogP contribution >= 0.6 is 11.6 Å². The molecule has 0 spiro atoms. The van der Waals surface area contributed by atoms with Crippen LogP contribution in [0.2, 0.25) is 5.02 Å². The Morgan fingerprint density at radius 1 is 0.952 bits per heavy atom. The zero-order valence-corrected chi connectivity index (χ0v) is 12.9. The van der Waals surface area contributed by atoms with Gasteiger partial charge in [0.1, 0.15) is 0 Å². The number of nitrogens with zero attached hydrogens (tertiary/aromatic N) is 1. The molecule has 1 unspecified atom stereocenters. The molecular formula is C18H21ClN2. The third-order valence-corrected chi connectivity index (χ3v) is 4.73. The van der Waals surface area contributed by atoms with Gasteiger partial charge in [0.25, 0.3) is 0 Å². The maximum Gasteiger partial charge on any atom is 0.0485 e. The van der Waals surface area contributed by atoms with Crippen LogP contribution < -0.4 is 5.73 Å². The lowest BCUT2D eigenvalue weighted by Crippen LogP contribution is -2.35. The van der Waals surface area contributed by atoms with Crippen LogP contribution in [0.3, 0.4) is 0 Å². The average molecular weight is 301 g/mol. The lowest BCUT2D eigenvalue weighted by Gasteiger charge is -2.30. The first kappa shape index (κ1) is 14.6. The van der Waals surface area contributed by atoms with E-state index in [4.69, 9.17) is 17.3 Å². The lowest BCUT2D eigenvalue weighted by atomic mass is 10.0. The van der Waals surface area contributed by atoms with Gasteiger partial charge in [-0.05, 0) is 35.6 Å². The van der Waals surface area contributed by atoms with Crippen molar-refractivity contribution in [1.82, 2.24) is 4.90 Å². The van der Waals surface area contributed by atoms with Crippen LogP contribution in [-0.4, -0.2) is 24.5 Å². The molecule has 3 rings (SSSR count). The molecule has 2 aromatic carbocycles. The molecule has 2 nitrogen and oxygen atoms in total. The fourth-order valence-corrected chi connectivity index (χ4v) is 3.48. The Labute approximate surface area is 131 Å². The monoisotopic (exact) mass is 300 g/mol. The molecule has 110 valence electrons. The van der Waals surface area contributed by atoms with E-state index in [1.54, 1.807) is 0 Å². The van der Waals surface area contributed by atoms with E-state index in [9.17, 15) is 0 Å². The maximum absolute atomic E-state index is 6.36. The molecule has 2 aromatic rings. The number of benzene rings is 2. The van der Waals surface area contributed by atoms with Crippen molar-refractivity contribution < 1.29 is 0 Å². The first-order valence-electron chi connectivity index (χ1n) is 7.55. The van der Waals surface area contributed by atoms with E-state index in [1.165, 1.54) is 11.1 Å². The molecule has 0 bridgehead atoms. The van der Waals surface area contributed by atoms with E-state index in [-0.39, 0.29) is 6.04 Å². The summed E-state index contributed by atoms with van der Waals surface area (Å²) in [7, 11) is 0. The Bertz CT molecular complexity index is 585. The smallest absolute Gasteiger partial charge is 0.0485 e. The summed E-state index contributed by atoms with van der Waals surface area (Å²) in [6.45, 7) is 2.66. The molecule has 0 amide bonds. The molecule has 0 radical (unpaired) electrons. The zero-order chi connectivity index (χ0) is 14.7. The highest BCUT2D eigenvalue weighted by atomic mass is 35.5. The van der Waals surface area contributed by atoms with E-state index in [2.05, 4.69) is 35.2 Å². The van der Waals surface area contributed by atoms with Crippen LogP contribution in [0.15, 0.2) is 48.5 Å². The van der Waals surface area contributed by atoms with Gasteiger partial charge in [0, 0.05) is 30.7 Å². The summed E-state index contributed by atoms with van der Waals surface area (Å²) in [4.78, 5) is 2.47. The summed E-state index contributed by atoms with van der Waals surface area (Å²) in [5.41, 5.74) is 10.1. The summed E-state index contributed by atoms with van der Waals surface area (Å²) in [6.07, 6.45) is 2.16. The van der Waals surface area contributed by atoms with Gasteiger partial charge >= 0.3 is 0 Å². The van der Waals surface area contributed by atoms with Crippen molar-refractivity contribution in [3.63, 3.8) is 0 Å². The van der Waals surface area contributed by atoms with Gasteiger partial charge in [0.15, 0.2) is 0 Å². The fourth-order valence-electron chi connectivity index (χ4n) is 3.21. The number of hydrogen-bond donors (Lipinski definition) is 1. The van der Waals surface area contributed by atoms with Gasteiger partial charge in [-0.3, -0.25) is 4.90 Å². The first-order valence-corrected chi connectivity index (χ1v) is 7.92.